The summed E-state index contributed by atoms with van der Waals surface area (Å²) < 4.78 is 11.5. The van der Waals surface area contributed by atoms with E-state index in [0.717, 1.165) is 30.8 Å². The molecule has 0 saturated carbocycles. The van der Waals surface area contributed by atoms with Crippen molar-refractivity contribution in [2.24, 2.45) is 0 Å². The van der Waals surface area contributed by atoms with Gasteiger partial charge in [0.1, 0.15) is 5.76 Å². The van der Waals surface area contributed by atoms with Crippen molar-refractivity contribution in [1.29, 1.82) is 0 Å². The summed E-state index contributed by atoms with van der Waals surface area (Å²) in [6.45, 7) is 2.71. The Bertz CT molecular complexity index is 853. The van der Waals surface area contributed by atoms with Gasteiger partial charge in [0.25, 0.3) is 0 Å². The first-order chi connectivity index (χ1) is 12.2. The van der Waals surface area contributed by atoms with Crippen molar-refractivity contribution in [2.45, 2.75) is 25.3 Å². The summed E-state index contributed by atoms with van der Waals surface area (Å²) in [5.74, 6) is 1.08. The molecule has 1 saturated heterocycles. The fraction of sp³-hybridized carbons (Fsp3) is 0.368. The molecule has 3 heterocycles. The lowest BCUT2D eigenvalue weighted by Gasteiger charge is -2.31. The van der Waals surface area contributed by atoms with Crippen LogP contribution in [0.2, 0.25) is 0 Å². The summed E-state index contributed by atoms with van der Waals surface area (Å²) in [5, 5.41) is 1.22. The fourth-order valence-electron chi connectivity index (χ4n) is 3.36. The number of ether oxygens (including phenoxy) is 1. The van der Waals surface area contributed by atoms with E-state index in [9.17, 15) is 4.79 Å². The van der Waals surface area contributed by atoms with E-state index in [2.05, 4.69) is 23.1 Å². The van der Waals surface area contributed by atoms with Gasteiger partial charge in [0, 0.05) is 12.5 Å². The van der Waals surface area contributed by atoms with Gasteiger partial charge in [0.05, 0.1) is 28.9 Å². The molecule has 0 amide bonds. The molecule has 5 nitrogen and oxygen atoms in total. The first-order valence-corrected chi connectivity index (χ1v) is 9.29. The van der Waals surface area contributed by atoms with Crippen molar-refractivity contribution in [2.75, 3.05) is 20.2 Å². The number of hydrogen-bond acceptors (Lipinski definition) is 6. The molecule has 130 valence electrons. The highest BCUT2D eigenvalue weighted by atomic mass is 32.1. The Labute approximate surface area is 150 Å². The van der Waals surface area contributed by atoms with E-state index in [1.54, 1.807) is 17.4 Å². The molecule has 0 spiro atoms. The highest BCUT2D eigenvalue weighted by Crippen LogP contribution is 2.33. The molecule has 0 radical (unpaired) electrons. The number of carbonyl (C=O) groups excluding carboxylic acids is 1. The van der Waals surface area contributed by atoms with Gasteiger partial charge in [-0.15, -0.1) is 11.3 Å². The van der Waals surface area contributed by atoms with Crippen LogP contribution in [0.5, 0.6) is 0 Å². The van der Waals surface area contributed by atoms with Crippen LogP contribution in [0.3, 0.4) is 0 Å². The molecule has 1 aromatic carbocycles. The highest BCUT2D eigenvalue weighted by molar-refractivity contribution is 7.18. The van der Waals surface area contributed by atoms with Gasteiger partial charge in [-0.25, -0.2) is 9.78 Å². The van der Waals surface area contributed by atoms with Gasteiger partial charge < -0.3 is 9.15 Å². The fourth-order valence-corrected chi connectivity index (χ4v) is 4.45. The third-order valence-electron chi connectivity index (χ3n) is 4.59. The number of aromatic nitrogens is 1. The molecule has 0 bridgehead atoms. The maximum absolute atomic E-state index is 11.5. The average molecular weight is 356 g/mol. The number of hydrogen-bond donors (Lipinski definition) is 0. The van der Waals surface area contributed by atoms with Crippen LogP contribution in [0, 0.1) is 0 Å². The van der Waals surface area contributed by atoms with E-state index in [-0.39, 0.29) is 5.76 Å². The lowest BCUT2D eigenvalue weighted by molar-refractivity contribution is 0.0560. The van der Waals surface area contributed by atoms with E-state index in [4.69, 9.17) is 14.1 Å². The summed E-state index contributed by atoms with van der Waals surface area (Å²) in [6.07, 6.45) is 2.31. The summed E-state index contributed by atoms with van der Waals surface area (Å²) in [5.41, 5.74) is 1.09. The maximum atomic E-state index is 11.5. The molecule has 0 unspecified atom stereocenters. The largest absolute Gasteiger partial charge is 0.463 e. The van der Waals surface area contributed by atoms with Crippen LogP contribution in [0.25, 0.3) is 10.2 Å². The number of piperidine rings is 1. The van der Waals surface area contributed by atoms with Crippen LogP contribution in [-0.2, 0) is 11.3 Å². The Kier molecular flexibility index (Phi) is 4.55. The smallest absolute Gasteiger partial charge is 0.373 e. The van der Waals surface area contributed by atoms with E-state index >= 15 is 0 Å². The summed E-state index contributed by atoms with van der Waals surface area (Å²) in [6, 6.07) is 11.8. The van der Waals surface area contributed by atoms with Crippen molar-refractivity contribution in [3.05, 3.63) is 52.9 Å². The van der Waals surface area contributed by atoms with Crippen LogP contribution < -0.4 is 0 Å². The molecule has 1 fully saturated rings. The molecule has 2 aromatic heterocycles. The monoisotopic (exact) mass is 356 g/mol. The second kappa shape index (κ2) is 6.98. The van der Waals surface area contributed by atoms with Gasteiger partial charge in [0.15, 0.2) is 0 Å². The number of esters is 1. The minimum atomic E-state index is -0.433. The van der Waals surface area contributed by atoms with Gasteiger partial charge >= 0.3 is 5.97 Å². The molecule has 1 aliphatic heterocycles. The predicted octanol–water partition coefficient (Wildman–Crippen LogP) is 4.06. The average Bonchev–Trinajstić information content (AvgIpc) is 3.28. The number of nitrogens with zero attached hydrogens (tertiary/aromatic N) is 2. The molecule has 6 heteroatoms. The van der Waals surface area contributed by atoms with E-state index in [1.165, 1.54) is 23.2 Å². The lowest BCUT2D eigenvalue weighted by atomic mass is 9.98. The lowest BCUT2D eigenvalue weighted by Crippen LogP contribution is -2.33. The SMILES string of the molecule is COC(=O)c1ccc(CN2CCC[C@@H](c3nc4ccccc4s3)C2)o1. The Morgan fingerprint density at radius 2 is 2.24 bits per heavy atom. The number of thiazole rings is 1. The zero-order valence-electron chi connectivity index (χ0n) is 14.1. The third kappa shape index (κ3) is 3.45. The van der Waals surface area contributed by atoms with Crippen molar-refractivity contribution in [3.8, 4) is 0 Å². The van der Waals surface area contributed by atoms with Gasteiger partial charge in [-0.3, -0.25) is 4.90 Å². The standard InChI is InChI=1S/C19H20N2O3S/c1-23-19(22)16-9-8-14(24-16)12-21-10-4-5-13(11-21)18-20-15-6-2-3-7-17(15)25-18/h2-3,6-9,13H,4-5,10-12H2,1H3/t13-/m1/s1. The number of fused-ring (bicyclic) bond motifs is 1. The highest BCUT2D eigenvalue weighted by Gasteiger charge is 2.25. The molecule has 1 atom stereocenters. The van der Waals surface area contributed by atoms with Crippen molar-refractivity contribution in [3.63, 3.8) is 0 Å². The number of likely N-dealkylation sites (tertiary alicyclic amines) is 1. The van der Waals surface area contributed by atoms with Crippen LogP contribution in [-0.4, -0.2) is 36.1 Å². The van der Waals surface area contributed by atoms with E-state index in [0.29, 0.717) is 12.5 Å². The Morgan fingerprint density at radius 3 is 3.08 bits per heavy atom. The second-order valence-corrected chi connectivity index (χ2v) is 7.41. The summed E-state index contributed by atoms with van der Waals surface area (Å²) in [4.78, 5) is 18.7. The molecule has 0 N–H and O–H groups in total. The molecular formula is C19H20N2O3S. The Hall–Kier alpha value is -2.18. The van der Waals surface area contributed by atoms with Crippen molar-refractivity contribution < 1.29 is 13.9 Å². The number of benzene rings is 1. The molecule has 4 rings (SSSR count). The number of methoxy groups -OCH3 is 1. The van der Waals surface area contributed by atoms with Crippen LogP contribution in [0.15, 0.2) is 40.8 Å². The molecule has 25 heavy (non-hydrogen) atoms. The Balaban J connectivity index is 1.45. The summed E-state index contributed by atoms with van der Waals surface area (Å²) in [7, 11) is 1.36. The van der Waals surface area contributed by atoms with Gasteiger partial charge in [0.2, 0.25) is 5.76 Å². The normalized spacial score (nSPS) is 18.5. The molecule has 0 aliphatic carbocycles. The number of para-hydroxylation sites is 1. The number of rotatable bonds is 4. The minimum absolute atomic E-state index is 0.261. The van der Waals surface area contributed by atoms with Crippen LogP contribution >= 0.6 is 11.3 Å². The van der Waals surface area contributed by atoms with Gasteiger partial charge in [-0.2, -0.15) is 0 Å². The first-order valence-electron chi connectivity index (χ1n) is 8.48. The zero-order chi connectivity index (χ0) is 17.2. The minimum Gasteiger partial charge on any atom is -0.463 e. The molecule has 3 aromatic rings. The number of furan rings is 1. The van der Waals surface area contributed by atoms with E-state index < -0.39 is 5.97 Å². The second-order valence-electron chi connectivity index (χ2n) is 6.35. The van der Waals surface area contributed by atoms with Crippen LogP contribution in [0.4, 0.5) is 0 Å². The van der Waals surface area contributed by atoms with E-state index in [1.807, 2.05) is 12.1 Å². The molecule has 1 aliphatic rings. The topological polar surface area (TPSA) is 55.6 Å². The zero-order valence-corrected chi connectivity index (χ0v) is 14.9. The van der Waals surface area contributed by atoms with Crippen LogP contribution in [0.1, 0.15) is 40.1 Å². The van der Waals surface area contributed by atoms with Gasteiger partial charge in [-0.1, -0.05) is 12.1 Å². The third-order valence-corrected chi connectivity index (χ3v) is 5.79. The number of carbonyl (C=O) groups is 1. The molecular weight excluding hydrogens is 336 g/mol. The predicted molar refractivity (Wildman–Crippen MR) is 96.9 cm³/mol. The maximum Gasteiger partial charge on any atom is 0.373 e. The van der Waals surface area contributed by atoms with Crippen molar-refractivity contribution in [1.82, 2.24) is 9.88 Å². The van der Waals surface area contributed by atoms with Gasteiger partial charge in [-0.05, 0) is 43.7 Å². The quantitative estimate of drug-likeness (QED) is 0.660. The first kappa shape index (κ1) is 16.3. The summed E-state index contributed by atoms with van der Waals surface area (Å²) >= 11 is 1.80. The Morgan fingerprint density at radius 1 is 1.36 bits per heavy atom. The van der Waals surface area contributed by atoms with Crippen molar-refractivity contribution >= 4 is 27.5 Å².